The lowest BCUT2D eigenvalue weighted by atomic mass is 10.1. The first-order valence-electron chi connectivity index (χ1n) is 9.43. The Morgan fingerprint density at radius 1 is 1.00 bits per heavy atom. The number of pyridine rings is 1. The molecule has 0 aliphatic rings. The number of nitrogens with one attached hydrogen (secondary N) is 1. The van der Waals surface area contributed by atoms with Crippen LogP contribution >= 0.6 is 0 Å². The van der Waals surface area contributed by atoms with Gasteiger partial charge >= 0.3 is 0 Å². The van der Waals surface area contributed by atoms with E-state index in [1.807, 2.05) is 68.4 Å². The lowest BCUT2D eigenvalue weighted by molar-refractivity contribution is -0.118. The topological polar surface area (TPSA) is 69.0 Å². The maximum Gasteiger partial charge on any atom is 0.263 e. The van der Waals surface area contributed by atoms with Crippen LogP contribution in [-0.2, 0) is 4.79 Å². The average molecular weight is 386 g/mol. The van der Waals surface area contributed by atoms with Crippen molar-refractivity contribution in [1.82, 2.24) is 14.8 Å². The van der Waals surface area contributed by atoms with Gasteiger partial charge in [-0.3, -0.25) is 4.79 Å². The zero-order valence-corrected chi connectivity index (χ0v) is 16.6. The molecule has 0 unspecified atom stereocenters. The molecule has 0 radical (unpaired) electrons. The number of amides is 1. The van der Waals surface area contributed by atoms with E-state index < -0.39 is 0 Å². The lowest BCUT2D eigenvalue weighted by Gasteiger charge is -2.12. The summed E-state index contributed by atoms with van der Waals surface area (Å²) in [5, 5.41) is 8.52. The third-order valence-corrected chi connectivity index (χ3v) is 4.66. The summed E-state index contributed by atoms with van der Waals surface area (Å²) in [5.41, 5.74) is 3.92. The molecule has 0 aliphatic heterocycles. The van der Waals surface area contributed by atoms with Gasteiger partial charge in [-0.1, -0.05) is 36.4 Å². The number of para-hydroxylation sites is 2. The first-order valence-corrected chi connectivity index (χ1v) is 9.43. The largest absolute Gasteiger partial charge is 0.484 e. The number of aryl methyl sites for hydroxylation is 3. The van der Waals surface area contributed by atoms with E-state index in [1.165, 1.54) is 0 Å². The molecule has 0 fully saturated rings. The van der Waals surface area contributed by atoms with Gasteiger partial charge in [0, 0.05) is 11.5 Å². The van der Waals surface area contributed by atoms with E-state index in [4.69, 9.17) is 9.72 Å². The molecule has 1 N–H and O–H groups in total. The van der Waals surface area contributed by atoms with Gasteiger partial charge < -0.3 is 10.1 Å². The van der Waals surface area contributed by atoms with Gasteiger partial charge in [-0.2, -0.15) is 9.78 Å². The first-order chi connectivity index (χ1) is 14.0. The van der Waals surface area contributed by atoms with Crippen molar-refractivity contribution in [2.24, 2.45) is 0 Å². The third-order valence-electron chi connectivity index (χ3n) is 4.66. The molecule has 0 bridgehead atoms. The smallest absolute Gasteiger partial charge is 0.263 e. The van der Waals surface area contributed by atoms with Gasteiger partial charge in [0.25, 0.3) is 5.91 Å². The summed E-state index contributed by atoms with van der Waals surface area (Å²) >= 11 is 0. The minimum absolute atomic E-state index is 0.0858. The highest BCUT2D eigenvalue weighted by Gasteiger charge is 2.14. The molecule has 0 saturated carbocycles. The molecular weight excluding hydrogens is 364 g/mol. The van der Waals surface area contributed by atoms with Gasteiger partial charge in [0.1, 0.15) is 11.6 Å². The maximum atomic E-state index is 12.4. The summed E-state index contributed by atoms with van der Waals surface area (Å²) in [6, 6.07) is 19.2. The minimum atomic E-state index is -0.260. The molecule has 6 nitrogen and oxygen atoms in total. The van der Waals surface area contributed by atoms with Crippen molar-refractivity contribution in [1.29, 1.82) is 0 Å². The summed E-state index contributed by atoms with van der Waals surface area (Å²) in [5.74, 6) is 1.61. The number of ether oxygens (including phenoxy) is 1. The molecule has 0 atom stereocenters. The highest BCUT2D eigenvalue weighted by atomic mass is 16.5. The maximum absolute atomic E-state index is 12.4. The monoisotopic (exact) mass is 386 g/mol. The van der Waals surface area contributed by atoms with Crippen LogP contribution in [0.3, 0.4) is 0 Å². The molecule has 1 amide bonds. The number of carbonyl (C=O) groups excluding carboxylic acids is 1. The second kappa shape index (κ2) is 7.75. The standard InChI is InChI=1S/C23H22N4O2/c1-15-8-7-11-19-16(2)12-20(25-23(15)19)27-21(13-17(3)26-27)24-22(28)14-29-18-9-5-4-6-10-18/h4-13H,14H2,1-3H3,(H,24,28). The summed E-state index contributed by atoms with van der Waals surface area (Å²) in [6.07, 6.45) is 0. The third kappa shape index (κ3) is 3.96. The molecular formula is C23H22N4O2. The molecule has 2 aromatic heterocycles. The van der Waals surface area contributed by atoms with E-state index in [0.717, 1.165) is 27.7 Å². The number of carbonyl (C=O) groups is 1. The van der Waals surface area contributed by atoms with Crippen molar-refractivity contribution in [2.45, 2.75) is 20.8 Å². The van der Waals surface area contributed by atoms with Gasteiger partial charge in [-0.05, 0) is 50.1 Å². The van der Waals surface area contributed by atoms with Crippen LogP contribution in [0.1, 0.15) is 16.8 Å². The quantitative estimate of drug-likeness (QED) is 0.553. The van der Waals surface area contributed by atoms with E-state index in [0.29, 0.717) is 17.4 Å². The Bertz CT molecular complexity index is 1180. The van der Waals surface area contributed by atoms with Crippen molar-refractivity contribution in [3.63, 3.8) is 0 Å². The molecule has 4 aromatic rings. The Kier molecular flexibility index (Phi) is 4.99. The summed E-state index contributed by atoms with van der Waals surface area (Å²) in [4.78, 5) is 17.2. The molecule has 146 valence electrons. The number of fused-ring (bicyclic) bond motifs is 1. The summed E-state index contributed by atoms with van der Waals surface area (Å²) in [7, 11) is 0. The molecule has 2 aromatic carbocycles. The van der Waals surface area contributed by atoms with E-state index in [9.17, 15) is 4.79 Å². The van der Waals surface area contributed by atoms with Gasteiger partial charge in [0.05, 0.1) is 11.2 Å². The zero-order chi connectivity index (χ0) is 20.4. The van der Waals surface area contributed by atoms with Crippen molar-refractivity contribution in [3.8, 4) is 11.6 Å². The summed E-state index contributed by atoms with van der Waals surface area (Å²) < 4.78 is 7.19. The Balaban J connectivity index is 1.61. The fourth-order valence-corrected chi connectivity index (χ4v) is 3.26. The number of hydrogen-bond acceptors (Lipinski definition) is 4. The fourth-order valence-electron chi connectivity index (χ4n) is 3.26. The van der Waals surface area contributed by atoms with Crippen LogP contribution in [0, 0.1) is 20.8 Å². The molecule has 0 spiro atoms. The molecule has 0 saturated heterocycles. The normalized spacial score (nSPS) is 10.9. The number of hydrogen-bond donors (Lipinski definition) is 1. The van der Waals surface area contributed by atoms with Crippen molar-refractivity contribution in [2.75, 3.05) is 11.9 Å². The highest BCUT2D eigenvalue weighted by molar-refractivity contribution is 5.91. The predicted octanol–water partition coefficient (Wildman–Crippen LogP) is 4.36. The Hall–Kier alpha value is -3.67. The average Bonchev–Trinajstić information content (AvgIpc) is 3.08. The Labute approximate surface area is 169 Å². The molecule has 2 heterocycles. The fraction of sp³-hybridized carbons (Fsp3) is 0.174. The van der Waals surface area contributed by atoms with E-state index in [-0.39, 0.29) is 12.5 Å². The van der Waals surface area contributed by atoms with Crippen LogP contribution in [0.15, 0.2) is 60.7 Å². The second-order valence-electron chi connectivity index (χ2n) is 7.00. The van der Waals surface area contributed by atoms with Crippen molar-refractivity contribution >= 4 is 22.6 Å². The first kappa shape index (κ1) is 18.7. The number of aromatic nitrogens is 3. The number of nitrogens with zero attached hydrogens (tertiary/aromatic N) is 3. The van der Waals surface area contributed by atoms with Gasteiger partial charge in [0.15, 0.2) is 12.4 Å². The number of rotatable bonds is 5. The van der Waals surface area contributed by atoms with Crippen molar-refractivity contribution in [3.05, 3.63) is 77.5 Å². The molecule has 29 heavy (non-hydrogen) atoms. The van der Waals surface area contributed by atoms with Crippen LogP contribution in [0.4, 0.5) is 5.82 Å². The van der Waals surface area contributed by atoms with E-state index in [1.54, 1.807) is 4.68 Å². The SMILES string of the molecule is Cc1cc(NC(=O)COc2ccccc2)n(-c2cc(C)c3cccc(C)c3n2)n1. The molecule has 4 rings (SSSR count). The summed E-state index contributed by atoms with van der Waals surface area (Å²) in [6.45, 7) is 5.88. The number of benzene rings is 2. The van der Waals surface area contributed by atoms with Crippen LogP contribution in [0.2, 0.25) is 0 Å². The molecule has 0 aliphatic carbocycles. The Morgan fingerprint density at radius 2 is 1.79 bits per heavy atom. The molecule has 6 heteroatoms. The van der Waals surface area contributed by atoms with Gasteiger partial charge in [0.2, 0.25) is 0 Å². The Morgan fingerprint density at radius 3 is 2.59 bits per heavy atom. The van der Waals surface area contributed by atoms with Crippen LogP contribution in [0.25, 0.3) is 16.7 Å². The second-order valence-corrected chi connectivity index (χ2v) is 7.00. The van der Waals surface area contributed by atoms with E-state index >= 15 is 0 Å². The highest BCUT2D eigenvalue weighted by Crippen LogP contribution is 2.24. The number of anilines is 1. The van der Waals surface area contributed by atoms with Gasteiger partial charge in [-0.15, -0.1) is 0 Å². The zero-order valence-electron chi connectivity index (χ0n) is 16.6. The van der Waals surface area contributed by atoms with Gasteiger partial charge in [-0.25, -0.2) is 4.98 Å². The lowest BCUT2D eigenvalue weighted by Crippen LogP contribution is -2.22. The predicted molar refractivity (Wildman–Crippen MR) is 114 cm³/mol. The van der Waals surface area contributed by atoms with E-state index in [2.05, 4.69) is 23.4 Å². The van der Waals surface area contributed by atoms with Crippen molar-refractivity contribution < 1.29 is 9.53 Å². The van der Waals surface area contributed by atoms with Crippen LogP contribution < -0.4 is 10.1 Å². The van der Waals surface area contributed by atoms with Crippen LogP contribution in [-0.4, -0.2) is 27.3 Å². The minimum Gasteiger partial charge on any atom is -0.484 e. The van der Waals surface area contributed by atoms with Crippen LogP contribution in [0.5, 0.6) is 5.75 Å².